The molecule has 1 aromatic carbocycles. The first-order valence-corrected chi connectivity index (χ1v) is 9.33. The van der Waals surface area contributed by atoms with Gasteiger partial charge in [-0.25, -0.2) is 14.3 Å². The van der Waals surface area contributed by atoms with Gasteiger partial charge in [-0.2, -0.15) is 5.10 Å². The summed E-state index contributed by atoms with van der Waals surface area (Å²) in [5.41, 5.74) is 3.03. The van der Waals surface area contributed by atoms with E-state index in [0.717, 1.165) is 42.8 Å². The molecule has 2 aromatic rings. The van der Waals surface area contributed by atoms with Crippen LogP contribution < -0.4 is 10.6 Å². The number of benzene rings is 1. The molecule has 0 unspecified atom stereocenters. The van der Waals surface area contributed by atoms with Crippen LogP contribution in [0.15, 0.2) is 30.3 Å². The van der Waals surface area contributed by atoms with Crippen LogP contribution in [0.4, 0.5) is 4.79 Å². The average Bonchev–Trinajstić information content (AvgIpc) is 3.28. The summed E-state index contributed by atoms with van der Waals surface area (Å²) in [5.74, 6) is -1.30. The molecule has 0 bridgehead atoms. The number of aryl methyl sites for hydroxylation is 2. The van der Waals surface area contributed by atoms with E-state index < -0.39 is 24.5 Å². The highest BCUT2D eigenvalue weighted by Crippen LogP contribution is 2.17. The van der Waals surface area contributed by atoms with E-state index in [4.69, 9.17) is 4.74 Å². The number of hydrogen-bond donors (Lipinski definition) is 2. The molecule has 8 nitrogen and oxygen atoms in total. The minimum atomic E-state index is -0.664. The van der Waals surface area contributed by atoms with Crippen molar-refractivity contribution in [2.24, 2.45) is 0 Å². The number of nitrogens with zero attached hydrogens (tertiary/aromatic N) is 2. The van der Waals surface area contributed by atoms with E-state index in [1.807, 2.05) is 19.9 Å². The predicted octanol–water partition coefficient (Wildman–Crippen LogP) is 2.41. The first kappa shape index (κ1) is 19.6. The summed E-state index contributed by atoms with van der Waals surface area (Å²) in [6.07, 6.45) is 4.00. The van der Waals surface area contributed by atoms with Crippen LogP contribution in [0.25, 0.3) is 5.69 Å². The van der Waals surface area contributed by atoms with Gasteiger partial charge in [0.25, 0.3) is 5.91 Å². The molecule has 1 aromatic heterocycles. The summed E-state index contributed by atoms with van der Waals surface area (Å²) in [7, 11) is 0. The second-order valence-electron chi connectivity index (χ2n) is 6.96. The number of urea groups is 1. The molecule has 28 heavy (non-hydrogen) atoms. The van der Waals surface area contributed by atoms with Crippen molar-refractivity contribution in [2.45, 2.75) is 45.6 Å². The maximum Gasteiger partial charge on any atom is 0.338 e. The van der Waals surface area contributed by atoms with Gasteiger partial charge in [-0.1, -0.05) is 12.8 Å². The van der Waals surface area contributed by atoms with E-state index in [0.29, 0.717) is 5.56 Å². The Hall–Kier alpha value is -3.16. The lowest BCUT2D eigenvalue weighted by molar-refractivity contribution is -0.123. The average molecular weight is 384 g/mol. The Labute approximate surface area is 163 Å². The molecule has 1 saturated carbocycles. The SMILES string of the molecule is Cc1cc(C)n(-c2ccc(C(=O)OCC(=O)NC(=O)NC3CCCC3)cc2)n1. The fraction of sp³-hybridized carbons (Fsp3) is 0.400. The second-order valence-corrected chi connectivity index (χ2v) is 6.96. The maximum absolute atomic E-state index is 12.1. The molecule has 0 aliphatic heterocycles. The molecule has 148 valence electrons. The quantitative estimate of drug-likeness (QED) is 0.771. The van der Waals surface area contributed by atoms with Crippen LogP contribution in [0.2, 0.25) is 0 Å². The molecule has 1 aliphatic rings. The first-order valence-electron chi connectivity index (χ1n) is 9.33. The van der Waals surface area contributed by atoms with Gasteiger partial charge in [0, 0.05) is 11.7 Å². The lowest BCUT2D eigenvalue weighted by Gasteiger charge is -2.12. The van der Waals surface area contributed by atoms with Crippen molar-refractivity contribution in [3.05, 3.63) is 47.3 Å². The number of esters is 1. The molecule has 1 aliphatic carbocycles. The van der Waals surface area contributed by atoms with Crippen LogP contribution in [-0.2, 0) is 9.53 Å². The molecule has 8 heteroatoms. The molecule has 2 N–H and O–H groups in total. The third kappa shape index (κ3) is 4.97. The molecule has 3 rings (SSSR count). The van der Waals surface area contributed by atoms with Crippen molar-refractivity contribution < 1.29 is 19.1 Å². The maximum atomic E-state index is 12.1. The molecule has 0 radical (unpaired) electrons. The van der Waals surface area contributed by atoms with Gasteiger partial charge < -0.3 is 10.1 Å². The van der Waals surface area contributed by atoms with E-state index >= 15 is 0 Å². The standard InChI is InChI=1S/C20H24N4O4/c1-13-11-14(2)24(23-13)17-9-7-15(8-10-17)19(26)28-12-18(25)22-20(27)21-16-5-3-4-6-16/h7-11,16H,3-6,12H2,1-2H3,(H2,21,22,25,27). The lowest BCUT2D eigenvalue weighted by Crippen LogP contribution is -2.44. The largest absolute Gasteiger partial charge is 0.452 e. The molecule has 0 spiro atoms. The first-order chi connectivity index (χ1) is 13.4. The summed E-state index contributed by atoms with van der Waals surface area (Å²) < 4.78 is 6.76. The van der Waals surface area contributed by atoms with Crippen molar-refractivity contribution in [1.82, 2.24) is 20.4 Å². The van der Waals surface area contributed by atoms with Gasteiger partial charge in [0.2, 0.25) is 0 Å². The summed E-state index contributed by atoms with van der Waals surface area (Å²) in [6, 6.07) is 8.25. The number of amides is 3. The molecular formula is C20H24N4O4. The number of ether oxygens (including phenoxy) is 1. The van der Waals surface area contributed by atoms with Gasteiger partial charge in [-0.05, 0) is 57.0 Å². The number of hydrogen-bond acceptors (Lipinski definition) is 5. The summed E-state index contributed by atoms with van der Waals surface area (Å²) in [6.45, 7) is 3.34. The van der Waals surface area contributed by atoms with Gasteiger partial charge in [0.15, 0.2) is 6.61 Å². The van der Waals surface area contributed by atoms with Crippen molar-refractivity contribution >= 4 is 17.9 Å². The van der Waals surface area contributed by atoms with Gasteiger partial charge in [-0.15, -0.1) is 0 Å². The minimum absolute atomic E-state index is 0.107. The van der Waals surface area contributed by atoms with Crippen molar-refractivity contribution in [1.29, 1.82) is 0 Å². The van der Waals surface area contributed by atoms with Crippen LogP contribution in [0.1, 0.15) is 47.4 Å². The third-order valence-electron chi connectivity index (χ3n) is 4.63. The number of aromatic nitrogens is 2. The van der Waals surface area contributed by atoms with Gasteiger partial charge in [0.05, 0.1) is 16.9 Å². The summed E-state index contributed by atoms with van der Waals surface area (Å²) in [5, 5.41) is 9.30. The van der Waals surface area contributed by atoms with Gasteiger partial charge in [-0.3, -0.25) is 10.1 Å². The van der Waals surface area contributed by atoms with E-state index in [9.17, 15) is 14.4 Å². The van der Waals surface area contributed by atoms with Crippen LogP contribution in [0.3, 0.4) is 0 Å². The fourth-order valence-corrected chi connectivity index (χ4v) is 3.30. The molecule has 0 atom stereocenters. The minimum Gasteiger partial charge on any atom is -0.452 e. The summed E-state index contributed by atoms with van der Waals surface area (Å²) >= 11 is 0. The number of rotatable bonds is 5. The zero-order valence-electron chi connectivity index (χ0n) is 16.0. The number of carbonyl (C=O) groups excluding carboxylic acids is 3. The molecule has 1 fully saturated rings. The number of carbonyl (C=O) groups is 3. The molecule has 3 amide bonds. The summed E-state index contributed by atoms with van der Waals surface area (Å²) in [4.78, 5) is 35.6. The normalized spacial score (nSPS) is 13.9. The van der Waals surface area contributed by atoms with E-state index in [2.05, 4.69) is 15.7 Å². The monoisotopic (exact) mass is 384 g/mol. The highest BCUT2D eigenvalue weighted by molar-refractivity contribution is 5.97. The lowest BCUT2D eigenvalue weighted by atomic mass is 10.2. The number of nitrogens with one attached hydrogen (secondary N) is 2. The molecule has 0 saturated heterocycles. The van der Waals surface area contributed by atoms with Crippen molar-refractivity contribution in [3.63, 3.8) is 0 Å². The smallest absolute Gasteiger partial charge is 0.338 e. The Morgan fingerprint density at radius 3 is 2.43 bits per heavy atom. The zero-order chi connectivity index (χ0) is 20.1. The predicted molar refractivity (Wildman–Crippen MR) is 102 cm³/mol. The Balaban J connectivity index is 1.48. The molecular weight excluding hydrogens is 360 g/mol. The van der Waals surface area contributed by atoms with E-state index in [-0.39, 0.29) is 6.04 Å². The molecule has 1 heterocycles. The zero-order valence-corrected chi connectivity index (χ0v) is 16.0. The third-order valence-corrected chi connectivity index (χ3v) is 4.63. The van der Waals surface area contributed by atoms with Crippen LogP contribution in [0, 0.1) is 13.8 Å². The van der Waals surface area contributed by atoms with Gasteiger partial charge in [0.1, 0.15) is 0 Å². The Kier molecular flexibility index (Phi) is 6.08. The van der Waals surface area contributed by atoms with E-state index in [1.165, 1.54) is 0 Å². The topological polar surface area (TPSA) is 102 Å². The van der Waals surface area contributed by atoms with Crippen LogP contribution in [0.5, 0.6) is 0 Å². The van der Waals surface area contributed by atoms with E-state index in [1.54, 1.807) is 28.9 Å². The Morgan fingerprint density at radius 1 is 1.14 bits per heavy atom. The Morgan fingerprint density at radius 2 is 1.82 bits per heavy atom. The second kappa shape index (κ2) is 8.69. The fourth-order valence-electron chi connectivity index (χ4n) is 3.30. The van der Waals surface area contributed by atoms with Crippen LogP contribution in [-0.4, -0.2) is 40.3 Å². The van der Waals surface area contributed by atoms with Crippen molar-refractivity contribution in [3.8, 4) is 5.69 Å². The Bertz CT molecular complexity index is 867. The number of imide groups is 1. The van der Waals surface area contributed by atoms with Crippen LogP contribution >= 0.6 is 0 Å². The van der Waals surface area contributed by atoms with Gasteiger partial charge >= 0.3 is 12.0 Å². The highest BCUT2D eigenvalue weighted by atomic mass is 16.5. The highest BCUT2D eigenvalue weighted by Gasteiger charge is 2.19. The van der Waals surface area contributed by atoms with Crippen molar-refractivity contribution in [2.75, 3.05) is 6.61 Å².